The number of hydrogen-bond acceptors (Lipinski definition) is 3. The molecule has 9 heteroatoms. The van der Waals surface area contributed by atoms with Crippen LogP contribution in [0.25, 0.3) is 10.4 Å². The first-order chi connectivity index (χ1) is 10.5. The summed E-state index contributed by atoms with van der Waals surface area (Å²) in [6.07, 6.45) is 2.57. The van der Waals surface area contributed by atoms with E-state index >= 15 is 0 Å². The third-order valence-electron chi connectivity index (χ3n) is 2.72. The van der Waals surface area contributed by atoms with Gasteiger partial charge in [-0.1, -0.05) is 31.3 Å². The first-order valence-corrected chi connectivity index (χ1v) is 6.33. The van der Waals surface area contributed by atoms with E-state index in [9.17, 15) is 22.4 Å². The number of carbonyl (C=O) groups is 1. The highest BCUT2D eigenvalue weighted by Gasteiger charge is 2.29. The van der Waals surface area contributed by atoms with E-state index < -0.39 is 40.5 Å². The predicted octanol–water partition coefficient (Wildman–Crippen LogP) is 4.74. The summed E-state index contributed by atoms with van der Waals surface area (Å²) in [5.74, 6) is -9.38. The molecule has 1 aromatic rings. The van der Waals surface area contributed by atoms with Crippen LogP contribution in [0.4, 0.5) is 23.2 Å². The minimum absolute atomic E-state index is 0.154. The van der Waals surface area contributed by atoms with Crippen LogP contribution in [0.15, 0.2) is 5.11 Å². The Morgan fingerprint density at radius 3 is 2.18 bits per heavy atom. The Labute approximate surface area is 123 Å². The highest BCUT2D eigenvalue weighted by Crippen LogP contribution is 2.30. The van der Waals surface area contributed by atoms with Gasteiger partial charge in [0.15, 0.2) is 23.3 Å². The molecule has 0 saturated heterocycles. The number of unbranched alkanes of at least 4 members (excludes halogenated alkanes) is 3. The summed E-state index contributed by atoms with van der Waals surface area (Å²) in [7, 11) is 0. The lowest BCUT2D eigenvalue weighted by Gasteiger charge is -2.09. The van der Waals surface area contributed by atoms with E-state index in [0.29, 0.717) is 19.3 Å². The molecule has 0 aliphatic heterocycles. The quantitative estimate of drug-likeness (QED) is 0.138. The second-order valence-corrected chi connectivity index (χ2v) is 4.22. The van der Waals surface area contributed by atoms with Gasteiger partial charge >= 0.3 is 5.97 Å². The number of benzene rings is 1. The van der Waals surface area contributed by atoms with E-state index in [1.54, 1.807) is 0 Å². The number of rotatable bonds is 7. The molecule has 0 aromatic heterocycles. The minimum atomic E-state index is -1.97. The SMILES string of the molecule is [CH2]CCCCCOC(=O)c1c(F)c(F)c(N=[N+]=[N-])c(F)c1F. The highest BCUT2D eigenvalue weighted by molar-refractivity contribution is 5.90. The van der Waals surface area contributed by atoms with Gasteiger partial charge in [0, 0.05) is 4.91 Å². The molecule has 5 nitrogen and oxygen atoms in total. The minimum Gasteiger partial charge on any atom is -0.462 e. The van der Waals surface area contributed by atoms with Crippen molar-refractivity contribution in [3.05, 3.63) is 46.2 Å². The fraction of sp³-hybridized carbons (Fsp3) is 0.385. The van der Waals surface area contributed by atoms with Crippen molar-refractivity contribution < 1.29 is 27.1 Å². The summed E-state index contributed by atoms with van der Waals surface area (Å²) in [5, 5.41) is 2.52. The van der Waals surface area contributed by atoms with Gasteiger partial charge in [-0.3, -0.25) is 0 Å². The fourth-order valence-corrected chi connectivity index (χ4v) is 1.62. The molecule has 0 saturated carbocycles. The van der Waals surface area contributed by atoms with Gasteiger partial charge in [0.05, 0.1) is 6.61 Å². The maximum absolute atomic E-state index is 13.6. The molecule has 1 radical (unpaired) electrons. The number of nitrogens with zero attached hydrogens (tertiary/aromatic N) is 3. The maximum Gasteiger partial charge on any atom is 0.344 e. The number of ether oxygens (including phenoxy) is 1. The Bertz CT molecular complexity index is 587. The van der Waals surface area contributed by atoms with Gasteiger partial charge in [-0.05, 0) is 12.0 Å². The van der Waals surface area contributed by atoms with Crippen molar-refractivity contribution in [1.29, 1.82) is 0 Å². The molecule has 0 aliphatic carbocycles. The second-order valence-electron chi connectivity index (χ2n) is 4.22. The molecule has 0 heterocycles. The Balaban J connectivity index is 3.00. The molecule has 0 spiro atoms. The second kappa shape index (κ2) is 8.23. The molecule has 0 atom stereocenters. The topological polar surface area (TPSA) is 75.1 Å². The van der Waals surface area contributed by atoms with Gasteiger partial charge in [0.2, 0.25) is 0 Å². The van der Waals surface area contributed by atoms with Crippen molar-refractivity contribution in [2.45, 2.75) is 25.7 Å². The van der Waals surface area contributed by atoms with Crippen molar-refractivity contribution in [3.63, 3.8) is 0 Å². The Morgan fingerprint density at radius 1 is 1.09 bits per heavy atom. The third kappa shape index (κ3) is 3.88. The number of esters is 1. The van der Waals surface area contributed by atoms with Crippen LogP contribution in [-0.2, 0) is 4.74 Å². The van der Waals surface area contributed by atoms with Crippen molar-refractivity contribution in [2.24, 2.45) is 5.11 Å². The summed E-state index contributed by atoms with van der Waals surface area (Å²) < 4.78 is 58.8. The molecule has 0 aliphatic rings. The molecular weight excluding hydrogens is 306 g/mol. The Kier molecular flexibility index (Phi) is 6.65. The van der Waals surface area contributed by atoms with Gasteiger partial charge in [-0.2, -0.15) is 0 Å². The van der Waals surface area contributed by atoms with E-state index in [1.165, 1.54) is 0 Å². The van der Waals surface area contributed by atoms with Crippen LogP contribution in [0.1, 0.15) is 36.0 Å². The number of carbonyl (C=O) groups excluding carboxylic acids is 1. The summed E-state index contributed by atoms with van der Waals surface area (Å²) >= 11 is 0. The molecule has 1 rings (SSSR count). The van der Waals surface area contributed by atoms with Crippen LogP contribution < -0.4 is 0 Å². The lowest BCUT2D eigenvalue weighted by atomic mass is 10.1. The number of azide groups is 1. The van der Waals surface area contributed by atoms with E-state index in [2.05, 4.69) is 21.7 Å². The van der Waals surface area contributed by atoms with Crippen LogP contribution in [-0.4, -0.2) is 12.6 Å². The zero-order chi connectivity index (χ0) is 16.7. The van der Waals surface area contributed by atoms with Crippen molar-refractivity contribution >= 4 is 11.7 Å². The first-order valence-electron chi connectivity index (χ1n) is 6.33. The van der Waals surface area contributed by atoms with Crippen molar-refractivity contribution in [1.82, 2.24) is 0 Å². The van der Waals surface area contributed by atoms with Crippen molar-refractivity contribution in [2.75, 3.05) is 6.61 Å². The molecule has 0 amide bonds. The molecule has 119 valence electrons. The summed E-state index contributed by atoms with van der Waals surface area (Å²) in [6.45, 7) is 3.45. The van der Waals surface area contributed by atoms with Gasteiger partial charge in [-0.25, -0.2) is 22.4 Å². The van der Waals surface area contributed by atoms with E-state index in [4.69, 9.17) is 5.53 Å². The summed E-state index contributed by atoms with van der Waals surface area (Å²) in [4.78, 5) is 13.6. The molecule has 1 aromatic carbocycles. The van der Waals surface area contributed by atoms with Gasteiger partial charge in [0.25, 0.3) is 0 Å². The fourth-order valence-electron chi connectivity index (χ4n) is 1.62. The lowest BCUT2D eigenvalue weighted by molar-refractivity contribution is 0.0484. The van der Waals surface area contributed by atoms with Crippen LogP contribution in [0, 0.1) is 30.2 Å². The van der Waals surface area contributed by atoms with Gasteiger partial charge in [-0.15, -0.1) is 0 Å². The lowest BCUT2D eigenvalue weighted by Crippen LogP contribution is -2.14. The molecule has 22 heavy (non-hydrogen) atoms. The monoisotopic (exact) mass is 318 g/mol. The van der Waals surface area contributed by atoms with Crippen molar-refractivity contribution in [3.8, 4) is 0 Å². The van der Waals surface area contributed by atoms with Crippen LogP contribution in [0.3, 0.4) is 0 Å². The summed E-state index contributed by atoms with van der Waals surface area (Å²) in [6, 6.07) is 0. The van der Waals surface area contributed by atoms with Gasteiger partial charge < -0.3 is 4.74 Å². The van der Waals surface area contributed by atoms with E-state index in [1.807, 2.05) is 0 Å². The Morgan fingerprint density at radius 2 is 1.68 bits per heavy atom. The van der Waals surface area contributed by atoms with Crippen LogP contribution >= 0.6 is 0 Å². The number of hydrogen-bond donors (Lipinski definition) is 0. The largest absolute Gasteiger partial charge is 0.462 e. The average molecular weight is 318 g/mol. The molecule has 0 bridgehead atoms. The Hall–Kier alpha value is -2.28. The van der Waals surface area contributed by atoms with E-state index in [-0.39, 0.29) is 6.61 Å². The molecular formula is C13H12F4N3O2. The zero-order valence-corrected chi connectivity index (χ0v) is 11.4. The summed E-state index contributed by atoms with van der Waals surface area (Å²) in [5.41, 5.74) is 5.12. The molecule has 0 unspecified atom stereocenters. The normalized spacial score (nSPS) is 10.2. The first kappa shape index (κ1) is 17.8. The van der Waals surface area contributed by atoms with Crippen LogP contribution in [0.2, 0.25) is 0 Å². The maximum atomic E-state index is 13.6. The standard InChI is InChI=1S/C13H12F4N3O2/c1-2-3-4-5-6-22-13(21)7-8(14)10(16)12(19-20-18)11(17)9(7)15/h1-6H2. The average Bonchev–Trinajstić information content (AvgIpc) is 2.49. The zero-order valence-electron chi connectivity index (χ0n) is 11.4. The molecule has 0 fully saturated rings. The third-order valence-corrected chi connectivity index (χ3v) is 2.72. The smallest absolute Gasteiger partial charge is 0.344 e. The molecule has 0 N–H and O–H groups in total. The number of halogens is 4. The van der Waals surface area contributed by atoms with Crippen LogP contribution in [0.5, 0.6) is 0 Å². The van der Waals surface area contributed by atoms with Gasteiger partial charge in [0.1, 0.15) is 11.3 Å². The van der Waals surface area contributed by atoms with E-state index in [0.717, 1.165) is 6.42 Å². The highest BCUT2D eigenvalue weighted by atomic mass is 19.2. The predicted molar refractivity (Wildman–Crippen MR) is 69.2 cm³/mol.